The quantitative estimate of drug-likeness (QED) is 0.431. The maximum Gasteiger partial charge on any atom is 0.264 e. The van der Waals surface area contributed by atoms with Gasteiger partial charge in [0, 0.05) is 17.8 Å². The highest BCUT2D eigenvalue weighted by Crippen LogP contribution is 2.34. The Labute approximate surface area is 198 Å². The molecule has 0 fully saturated rings. The zero-order valence-corrected chi connectivity index (χ0v) is 19.5. The second kappa shape index (κ2) is 8.83. The van der Waals surface area contributed by atoms with Gasteiger partial charge in [-0.25, -0.2) is 8.42 Å². The Balaban J connectivity index is 1.43. The van der Waals surface area contributed by atoms with Crippen LogP contribution >= 0.6 is 0 Å². The van der Waals surface area contributed by atoms with Gasteiger partial charge in [-0.3, -0.25) is 9.10 Å². The van der Waals surface area contributed by atoms with Crippen molar-refractivity contribution in [2.75, 3.05) is 23.3 Å². The molecule has 0 saturated heterocycles. The third kappa shape index (κ3) is 3.99. The van der Waals surface area contributed by atoms with Gasteiger partial charge in [-0.1, -0.05) is 36.4 Å². The Morgan fingerprint density at radius 2 is 1.71 bits per heavy atom. The van der Waals surface area contributed by atoms with E-state index in [4.69, 9.17) is 4.74 Å². The van der Waals surface area contributed by atoms with Crippen molar-refractivity contribution in [1.29, 1.82) is 0 Å². The van der Waals surface area contributed by atoms with Crippen LogP contribution in [0, 0.1) is 0 Å². The highest BCUT2D eigenvalue weighted by molar-refractivity contribution is 7.92. The van der Waals surface area contributed by atoms with Gasteiger partial charge in [0.05, 0.1) is 17.7 Å². The van der Waals surface area contributed by atoms with Gasteiger partial charge in [0.2, 0.25) is 0 Å². The molecule has 0 aliphatic carbocycles. The molecule has 1 aliphatic rings. The lowest BCUT2D eigenvalue weighted by atomic mass is 10.0. The minimum atomic E-state index is -3.71. The summed E-state index contributed by atoms with van der Waals surface area (Å²) in [6.07, 6.45) is 1.44. The first-order valence-electron chi connectivity index (χ1n) is 11.1. The van der Waals surface area contributed by atoms with Crippen molar-refractivity contribution >= 4 is 38.1 Å². The zero-order valence-electron chi connectivity index (χ0n) is 18.7. The first-order chi connectivity index (χ1) is 16.5. The van der Waals surface area contributed by atoms with Crippen LogP contribution in [0.5, 0.6) is 5.75 Å². The fraction of sp³-hybridized carbons (Fsp3) is 0.148. The van der Waals surface area contributed by atoms with Crippen LogP contribution in [0.1, 0.15) is 22.3 Å². The summed E-state index contributed by atoms with van der Waals surface area (Å²) in [5, 5.41) is 4.86. The van der Waals surface area contributed by atoms with Crippen molar-refractivity contribution in [1.82, 2.24) is 0 Å². The summed E-state index contributed by atoms with van der Waals surface area (Å²) in [4.78, 5) is 13.2. The Kier molecular flexibility index (Phi) is 5.71. The second-order valence-corrected chi connectivity index (χ2v) is 10.0. The number of hydrogen-bond acceptors (Lipinski definition) is 4. The number of benzene rings is 4. The molecule has 0 radical (unpaired) electrons. The SMILES string of the molecule is COc1ccc(S(=O)(=O)N2CCCc3cc(NC(=O)c4cccc5ccccc45)ccc32)cc1. The molecule has 6 nitrogen and oxygen atoms in total. The van der Waals surface area contributed by atoms with E-state index < -0.39 is 10.0 Å². The van der Waals surface area contributed by atoms with Gasteiger partial charge in [-0.2, -0.15) is 0 Å². The van der Waals surface area contributed by atoms with E-state index in [1.54, 1.807) is 49.6 Å². The van der Waals surface area contributed by atoms with Crippen molar-refractivity contribution < 1.29 is 17.9 Å². The molecule has 34 heavy (non-hydrogen) atoms. The molecular weight excluding hydrogens is 448 g/mol. The van der Waals surface area contributed by atoms with Crippen LogP contribution in [-0.2, 0) is 16.4 Å². The van der Waals surface area contributed by atoms with Gasteiger partial charge in [-0.05, 0) is 77.7 Å². The molecule has 172 valence electrons. The summed E-state index contributed by atoms with van der Waals surface area (Å²) in [5.41, 5.74) is 2.77. The van der Waals surface area contributed by atoms with E-state index in [1.165, 1.54) is 4.31 Å². The van der Waals surface area contributed by atoms with Crippen molar-refractivity contribution in [3.05, 3.63) is 96.1 Å². The standard InChI is InChI=1S/C27H24N2O4S/c1-33-22-12-14-23(15-13-22)34(31,32)29-17-5-8-20-18-21(11-16-26(20)29)28-27(30)25-10-4-7-19-6-2-3-9-24(19)25/h2-4,6-7,9-16,18H,5,8,17H2,1H3,(H,28,30). The molecule has 0 saturated carbocycles. The fourth-order valence-electron chi connectivity index (χ4n) is 4.39. The molecule has 0 spiro atoms. The topological polar surface area (TPSA) is 75.7 Å². The molecule has 0 unspecified atom stereocenters. The molecule has 4 aromatic carbocycles. The molecular formula is C27H24N2O4S. The van der Waals surface area contributed by atoms with E-state index in [0.717, 1.165) is 22.8 Å². The van der Waals surface area contributed by atoms with Gasteiger partial charge >= 0.3 is 0 Å². The molecule has 0 aromatic heterocycles. The highest BCUT2D eigenvalue weighted by atomic mass is 32.2. The second-order valence-electron chi connectivity index (χ2n) is 8.18. The first-order valence-corrected chi connectivity index (χ1v) is 12.5. The average molecular weight is 473 g/mol. The number of rotatable bonds is 5. The maximum absolute atomic E-state index is 13.3. The smallest absolute Gasteiger partial charge is 0.264 e. The Hall–Kier alpha value is -3.84. The molecule has 1 aliphatic heterocycles. The number of methoxy groups -OCH3 is 1. The zero-order chi connectivity index (χ0) is 23.7. The van der Waals surface area contributed by atoms with E-state index in [1.807, 2.05) is 42.5 Å². The number of ether oxygens (including phenoxy) is 1. The number of anilines is 2. The minimum Gasteiger partial charge on any atom is -0.497 e. The van der Waals surface area contributed by atoms with Crippen LogP contribution in [0.15, 0.2) is 89.8 Å². The number of carbonyl (C=O) groups is 1. The number of carbonyl (C=O) groups excluding carboxylic acids is 1. The van der Waals surface area contributed by atoms with Gasteiger partial charge in [0.15, 0.2) is 0 Å². The average Bonchev–Trinajstić information content (AvgIpc) is 2.87. The third-order valence-electron chi connectivity index (χ3n) is 6.10. The molecule has 0 bridgehead atoms. The fourth-order valence-corrected chi connectivity index (χ4v) is 5.93. The third-order valence-corrected chi connectivity index (χ3v) is 7.92. The normalized spacial score (nSPS) is 13.4. The summed E-state index contributed by atoms with van der Waals surface area (Å²) >= 11 is 0. The molecule has 0 atom stereocenters. The number of aryl methyl sites for hydroxylation is 1. The number of hydrogen-bond donors (Lipinski definition) is 1. The molecule has 5 rings (SSSR count). The Bertz CT molecular complexity index is 1480. The summed E-state index contributed by atoms with van der Waals surface area (Å²) < 4.78 is 33.3. The van der Waals surface area contributed by atoms with Crippen LogP contribution in [-0.4, -0.2) is 28.0 Å². The first kappa shape index (κ1) is 22.0. The molecule has 1 N–H and O–H groups in total. The number of sulfonamides is 1. The van der Waals surface area contributed by atoms with E-state index >= 15 is 0 Å². The summed E-state index contributed by atoms with van der Waals surface area (Å²) in [6.45, 7) is 0.406. The lowest BCUT2D eigenvalue weighted by Gasteiger charge is -2.31. The monoisotopic (exact) mass is 472 g/mol. The minimum absolute atomic E-state index is 0.199. The summed E-state index contributed by atoms with van der Waals surface area (Å²) in [6, 6.07) is 25.2. The van der Waals surface area contributed by atoms with Gasteiger partial charge in [-0.15, -0.1) is 0 Å². The number of nitrogens with one attached hydrogen (secondary N) is 1. The maximum atomic E-state index is 13.3. The van der Waals surface area contributed by atoms with E-state index in [9.17, 15) is 13.2 Å². The lowest BCUT2D eigenvalue weighted by Crippen LogP contribution is -2.35. The van der Waals surface area contributed by atoms with Crippen molar-refractivity contribution in [3.8, 4) is 5.75 Å². The molecule has 7 heteroatoms. The van der Waals surface area contributed by atoms with Gasteiger partial charge in [0.1, 0.15) is 5.75 Å². The number of amides is 1. The van der Waals surface area contributed by atoms with E-state index in [0.29, 0.717) is 35.7 Å². The van der Waals surface area contributed by atoms with Crippen LogP contribution in [0.3, 0.4) is 0 Å². The van der Waals surface area contributed by atoms with Gasteiger partial charge in [0.25, 0.3) is 15.9 Å². The molecule has 1 heterocycles. The largest absolute Gasteiger partial charge is 0.497 e. The molecule has 1 amide bonds. The Morgan fingerprint density at radius 3 is 2.50 bits per heavy atom. The summed E-state index contributed by atoms with van der Waals surface area (Å²) in [5.74, 6) is 0.403. The van der Waals surface area contributed by atoms with E-state index in [2.05, 4.69) is 5.32 Å². The van der Waals surface area contributed by atoms with Crippen LogP contribution in [0.4, 0.5) is 11.4 Å². The number of nitrogens with zero attached hydrogens (tertiary/aromatic N) is 1. The highest BCUT2D eigenvalue weighted by Gasteiger charge is 2.29. The molecule has 4 aromatic rings. The predicted octanol–water partition coefficient (Wildman–Crippen LogP) is 5.24. The van der Waals surface area contributed by atoms with Crippen molar-refractivity contribution in [2.45, 2.75) is 17.7 Å². The predicted molar refractivity (Wildman–Crippen MR) is 134 cm³/mol. The van der Waals surface area contributed by atoms with Gasteiger partial charge < -0.3 is 10.1 Å². The van der Waals surface area contributed by atoms with Crippen LogP contribution < -0.4 is 14.4 Å². The lowest BCUT2D eigenvalue weighted by molar-refractivity contribution is 0.102. The summed E-state index contributed by atoms with van der Waals surface area (Å²) in [7, 11) is -2.17. The van der Waals surface area contributed by atoms with Crippen molar-refractivity contribution in [3.63, 3.8) is 0 Å². The van der Waals surface area contributed by atoms with Crippen LogP contribution in [0.2, 0.25) is 0 Å². The van der Waals surface area contributed by atoms with Crippen LogP contribution in [0.25, 0.3) is 10.8 Å². The Morgan fingerprint density at radius 1 is 0.941 bits per heavy atom. The van der Waals surface area contributed by atoms with E-state index in [-0.39, 0.29) is 10.8 Å². The number of fused-ring (bicyclic) bond motifs is 2. The van der Waals surface area contributed by atoms with Crippen molar-refractivity contribution in [2.24, 2.45) is 0 Å².